The predicted molar refractivity (Wildman–Crippen MR) is 65.5 cm³/mol. The molecule has 18 heavy (non-hydrogen) atoms. The van der Waals surface area contributed by atoms with Crippen molar-refractivity contribution >= 4 is 17.5 Å². The summed E-state index contributed by atoms with van der Waals surface area (Å²) in [6, 6.07) is 0.576. The summed E-state index contributed by atoms with van der Waals surface area (Å²) in [7, 11) is 0. The van der Waals surface area contributed by atoms with Gasteiger partial charge in [0.05, 0.1) is 4.92 Å². The minimum atomic E-state index is -0.982. The number of nitro groups is 1. The summed E-state index contributed by atoms with van der Waals surface area (Å²) in [5, 5.41) is 22.4. The number of rotatable bonds is 5. The zero-order chi connectivity index (χ0) is 13.9. The van der Waals surface area contributed by atoms with Crippen LogP contribution < -0.4 is 5.32 Å². The number of aliphatic carboxylic acids is 1. The third-order valence-electron chi connectivity index (χ3n) is 2.50. The van der Waals surface area contributed by atoms with E-state index < -0.39 is 16.9 Å². The molecule has 1 unspecified atom stereocenters. The quantitative estimate of drug-likeness (QED) is 0.612. The average molecular weight is 253 g/mol. The van der Waals surface area contributed by atoms with Crippen molar-refractivity contribution in [3.8, 4) is 0 Å². The Labute approximate surface area is 104 Å². The van der Waals surface area contributed by atoms with Gasteiger partial charge in [0.15, 0.2) is 0 Å². The van der Waals surface area contributed by atoms with E-state index >= 15 is 0 Å². The number of nitrogens with zero attached hydrogens (tertiary/aromatic N) is 2. The van der Waals surface area contributed by atoms with Crippen LogP contribution in [0.4, 0.5) is 11.5 Å². The van der Waals surface area contributed by atoms with Crippen molar-refractivity contribution in [1.82, 2.24) is 4.98 Å². The van der Waals surface area contributed by atoms with Crippen molar-refractivity contribution in [2.75, 3.05) is 5.32 Å². The second-order valence-corrected chi connectivity index (χ2v) is 4.32. The second-order valence-electron chi connectivity index (χ2n) is 4.32. The van der Waals surface area contributed by atoms with Crippen LogP contribution in [-0.2, 0) is 4.79 Å². The van der Waals surface area contributed by atoms with Crippen molar-refractivity contribution in [2.24, 2.45) is 5.92 Å². The topological polar surface area (TPSA) is 105 Å². The summed E-state index contributed by atoms with van der Waals surface area (Å²) >= 11 is 0. The summed E-state index contributed by atoms with van der Waals surface area (Å²) in [5.74, 6) is -0.759. The monoisotopic (exact) mass is 253 g/mol. The Morgan fingerprint density at radius 3 is 2.56 bits per heavy atom. The number of carbonyl (C=O) groups is 1. The van der Waals surface area contributed by atoms with E-state index in [1.807, 2.05) is 0 Å². The molecule has 0 aromatic carbocycles. The van der Waals surface area contributed by atoms with Crippen LogP contribution in [0.1, 0.15) is 19.4 Å². The molecule has 0 spiro atoms. The van der Waals surface area contributed by atoms with Crippen molar-refractivity contribution in [3.05, 3.63) is 27.9 Å². The van der Waals surface area contributed by atoms with Crippen molar-refractivity contribution < 1.29 is 14.8 Å². The van der Waals surface area contributed by atoms with E-state index in [-0.39, 0.29) is 11.6 Å². The van der Waals surface area contributed by atoms with Gasteiger partial charge in [-0.2, -0.15) is 0 Å². The second kappa shape index (κ2) is 5.44. The van der Waals surface area contributed by atoms with Crippen LogP contribution in [0.5, 0.6) is 0 Å². The first-order chi connectivity index (χ1) is 8.32. The lowest BCUT2D eigenvalue weighted by atomic mass is 10.0. The largest absolute Gasteiger partial charge is 0.480 e. The highest BCUT2D eigenvalue weighted by atomic mass is 16.6. The molecule has 0 bridgehead atoms. The van der Waals surface area contributed by atoms with Gasteiger partial charge >= 0.3 is 5.97 Å². The number of nitrogens with one attached hydrogen (secondary N) is 1. The van der Waals surface area contributed by atoms with Gasteiger partial charge in [0, 0.05) is 6.07 Å². The molecule has 7 heteroatoms. The lowest BCUT2D eigenvalue weighted by molar-refractivity contribution is -0.385. The highest BCUT2D eigenvalue weighted by Crippen LogP contribution is 2.20. The van der Waals surface area contributed by atoms with Gasteiger partial charge in [-0.15, -0.1) is 0 Å². The summed E-state index contributed by atoms with van der Waals surface area (Å²) < 4.78 is 0. The first kappa shape index (κ1) is 13.9. The maximum Gasteiger partial charge on any atom is 0.326 e. The van der Waals surface area contributed by atoms with Gasteiger partial charge in [-0.1, -0.05) is 13.8 Å². The van der Waals surface area contributed by atoms with Crippen molar-refractivity contribution in [2.45, 2.75) is 26.8 Å². The lowest BCUT2D eigenvalue weighted by Gasteiger charge is -2.19. The van der Waals surface area contributed by atoms with Gasteiger partial charge in [-0.25, -0.2) is 9.78 Å². The van der Waals surface area contributed by atoms with Crippen molar-refractivity contribution in [3.63, 3.8) is 0 Å². The molecule has 0 aliphatic carbocycles. The number of hydrogen-bond donors (Lipinski definition) is 2. The third-order valence-corrected chi connectivity index (χ3v) is 2.50. The molecule has 1 atom stereocenters. The molecule has 1 heterocycles. The molecule has 1 rings (SSSR count). The van der Waals surface area contributed by atoms with Gasteiger partial charge in [0.1, 0.15) is 18.1 Å². The molecule has 0 saturated carbocycles. The Morgan fingerprint density at radius 2 is 2.17 bits per heavy atom. The minimum Gasteiger partial charge on any atom is -0.480 e. The molecule has 0 aliphatic rings. The highest BCUT2D eigenvalue weighted by molar-refractivity contribution is 5.77. The zero-order valence-corrected chi connectivity index (χ0v) is 10.4. The first-order valence-corrected chi connectivity index (χ1v) is 5.43. The van der Waals surface area contributed by atoms with E-state index in [2.05, 4.69) is 10.3 Å². The Balaban J connectivity index is 2.97. The molecule has 1 aromatic rings. The number of anilines is 1. The Hall–Kier alpha value is -2.18. The smallest absolute Gasteiger partial charge is 0.326 e. The van der Waals surface area contributed by atoms with E-state index in [1.54, 1.807) is 20.8 Å². The fourth-order valence-electron chi connectivity index (χ4n) is 1.47. The van der Waals surface area contributed by atoms with Crippen LogP contribution in [0, 0.1) is 23.0 Å². The number of aromatic nitrogens is 1. The Morgan fingerprint density at radius 1 is 1.56 bits per heavy atom. The molecule has 2 N–H and O–H groups in total. The normalized spacial score (nSPS) is 12.2. The molecule has 0 fully saturated rings. The molecule has 7 nitrogen and oxygen atoms in total. The Kier molecular flexibility index (Phi) is 4.19. The van der Waals surface area contributed by atoms with Crippen LogP contribution in [0.3, 0.4) is 0 Å². The Bertz CT molecular complexity index is 473. The van der Waals surface area contributed by atoms with Crippen molar-refractivity contribution in [1.29, 1.82) is 0 Å². The van der Waals surface area contributed by atoms with Gasteiger partial charge in [0.25, 0.3) is 5.69 Å². The van der Waals surface area contributed by atoms with E-state index in [9.17, 15) is 14.9 Å². The number of aryl methyl sites for hydroxylation is 1. The highest BCUT2D eigenvalue weighted by Gasteiger charge is 2.22. The average Bonchev–Trinajstić information content (AvgIpc) is 2.25. The summed E-state index contributed by atoms with van der Waals surface area (Å²) in [6.45, 7) is 5.18. The first-order valence-electron chi connectivity index (χ1n) is 5.43. The summed E-state index contributed by atoms with van der Waals surface area (Å²) in [4.78, 5) is 24.9. The summed E-state index contributed by atoms with van der Waals surface area (Å²) in [5.41, 5.74) is 0.422. The maximum atomic E-state index is 11.0. The van der Waals surface area contributed by atoms with Gasteiger partial charge < -0.3 is 10.4 Å². The van der Waals surface area contributed by atoms with E-state index in [0.29, 0.717) is 11.4 Å². The van der Waals surface area contributed by atoms with E-state index in [4.69, 9.17) is 5.11 Å². The van der Waals surface area contributed by atoms with Gasteiger partial charge in [-0.3, -0.25) is 10.1 Å². The molecule has 1 aromatic heterocycles. The van der Waals surface area contributed by atoms with Gasteiger partial charge in [-0.05, 0) is 18.4 Å². The van der Waals surface area contributed by atoms with E-state index in [1.165, 1.54) is 6.07 Å². The standard InChI is InChI=1S/C11H15N3O4/c1-6(2)9(11(15)16)13-10-7(3)4-8(5-12-10)14(17)18/h4-6,9H,1-3H3,(H,12,13)(H,15,16). The number of pyridine rings is 1. The number of carboxylic acids is 1. The van der Waals surface area contributed by atoms with Crippen LogP contribution in [0.2, 0.25) is 0 Å². The molecule has 0 saturated heterocycles. The zero-order valence-electron chi connectivity index (χ0n) is 10.4. The molecule has 0 radical (unpaired) electrons. The van der Waals surface area contributed by atoms with Crippen LogP contribution in [0.15, 0.2) is 12.3 Å². The third kappa shape index (κ3) is 3.16. The molecule has 98 valence electrons. The number of carboxylic acid groups (broad SMARTS) is 1. The molecular weight excluding hydrogens is 238 g/mol. The lowest BCUT2D eigenvalue weighted by Crippen LogP contribution is -2.34. The maximum absolute atomic E-state index is 11.0. The molecule has 0 amide bonds. The van der Waals surface area contributed by atoms with E-state index in [0.717, 1.165) is 6.20 Å². The molecular formula is C11H15N3O4. The predicted octanol–water partition coefficient (Wildman–Crippen LogP) is 1.82. The van der Waals surface area contributed by atoms with Crippen LogP contribution in [-0.4, -0.2) is 27.0 Å². The summed E-state index contributed by atoms with van der Waals surface area (Å²) in [6.07, 6.45) is 1.11. The molecule has 0 aliphatic heterocycles. The SMILES string of the molecule is Cc1cc([N+](=O)[O-])cnc1NC(C(=O)O)C(C)C. The van der Waals surface area contributed by atoms with Gasteiger partial charge in [0.2, 0.25) is 0 Å². The van der Waals surface area contributed by atoms with Crippen LogP contribution >= 0.6 is 0 Å². The fourth-order valence-corrected chi connectivity index (χ4v) is 1.47. The fraction of sp³-hybridized carbons (Fsp3) is 0.455. The van der Waals surface area contributed by atoms with Crippen LogP contribution in [0.25, 0.3) is 0 Å². The number of hydrogen-bond acceptors (Lipinski definition) is 5. The minimum absolute atomic E-state index is 0.116.